The van der Waals surface area contributed by atoms with E-state index in [1.54, 1.807) is 0 Å². The van der Waals surface area contributed by atoms with Crippen LogP contribution >= 0.6 is 22.6 Å². The van der Waals surface area contributed by atoms with Gasteiger partial charge in [-0.2, -0.15) is 5.10 Å². The largest absolute Gasteiger partial charge is 0.450 e. The molecule has 1 amide bonds. The maximum Gasteiger partial charge on any atom is 0.407 e. The Morgan fingerprint density at radius 3 is 2.74 bits per heavy atom. The molecule has 0 radical (unpaired) electrons. The van der Waals surface area contributed by atoms with Gasteiger partial charge in [-0.05, 0) is 40.1 Å². The smallest absolute Gasteiger partial charge is 0.407 e. The number of unbranched alkanes of at least 4 members (excludes halogenated alkanes) is 1. The lowest BCUT2D eigenvalue weighted by molar-refractivity contribution is 0.144. The average molecular weight is 480 g/mol. The van der Waals surface area contributed by atoms with Crippen molar-refractivity contribution in [3.05, 3.63) is 45.4 Å². The maximum atomic E-state index is 11.6. The third kappa shape index (κ3) is 4.85. The Labute approximate surface area is 170 Å². The van der Waals surface area contributed by atoms with Crippen molar-refractivity contribution in [3.8, 4) is 0 Å². The Morgan fingerprint density at radius 1 is 1.26 bits per heavy atom. The van der Waals surface area contributed by atoms with Gasteiger partial charge < -0.3 is 15.8 Å². The van der Waals surface area contributed by atoms with Crippen LogP contribution in [0.3, 0.4) is 0 Å². The number of anilines is 1. The number of carbonyl (C=O) groups is 1. The molecule has 0 aliphatic rings. The minimum Gasteiger partial charge on any atom is -0.450 e. The third-order valence-electron chi connectivity index (χ3n) is 4.04. The predicted octanol–water partition coefficient (Wildman–Crippen LogP) is 3.09. The molecule has 0 spiro atoms. The number of nitrogens with zero attached hydrogens (tertiary/aromatic N) is 4. The summed E-state index contributed by atoms with van der Waals surface area (Å²) >= 11 is 2.14. The van der Waals surface area contributed by atoms with Crippen LogP contribution in [0.2, 0.25) is 0 Å². The van der Waals surface area contributed by atoms with Gasteiger partial charge in [0.15, 0.2) is 5.65 Å². The second kappa shape index (κ2) is 8.98. The number of ether oxygens (including phenoxy) is 1. The van der Waals surface area contributed by atoms with Crippen LogP contribution in [0.15, 0.2) is 30.6 Å². The van der Waals surface area contributed by atoms with Crippen LogP contribution in [0.5, 0.6) is 0 Å². The summed E-state index contributed by atoms with van der Waals surface area (Å²) in [6.07, 6.45) is 2.93. The topological polar surface area (TPSA) is 108 Å². The van der Waals surface area contributed by atoms with E-state index in [1.165, 1.54) is 6.33 Å². The van der Waals surface area contributed by atoms with Crippen molar-refractivity contribution in [2.75, 3.05) is 12.3 Å². The van der Waals surface area contributed by atoms with Crippen LogP contribution in [0.25, 0.3) is 11.0 Å². The molecule has 9 heteroatoms. The minimum atomic E-state index is -0.387. The van der Waals surface area contributed by atoms with Crippen molar-refractivity contribution in [1.82, 2.24) is 25.1 Å². The Hall–Kier alpha value is -2.43. The molecule has 0 fully saturated rings. The fraction of sp³-hybridized carbons (Fsp3) is 0.333. The van der Waals surface area contributed by atoms with E-state index in [4.69, 9.17) is 10.5 Å². The van der Waals surface area contributed by atoms with Crippen LogP contribution in [0.4, 0.5) is 10.6 Å². The van der Waals surface area contributed by atoms with Crippen molar-refractivity contribution in [3.63, 3.8) is 0 Å². The maximum absolute atomic E-state index is 11.6. The summed E-state index contributed by atoms with van der Waals surface area (Å²) in [7, 11) is 0. The summed E-state index contributed by atoms with van der Waals surface area (Å²) < 4.78 is 7.67. The van der Waals surface area contributed by atoms with Gasteiger partial charge in [0, 0.05) is 6.54 Å². The predicted molar refractivity (Wildman–Crippen MR) is 111 cm³/mol. The van der Waals surface area contributed by atoms with Gasteiger partial charge in [-0.15, -0.1) is 0 Å². The van der Waals surface area contributed by atoms with Gasteiger partial charge in [-0.25, -0.2) is 19.4 Å². The van der Waals surface area contributed by atoms with E-state index >= 15 is 0 Å². The van der Waals surface area contributed by atoms with Gasteiger partial charge in [-0.3, -0.25) is 0 Å². The van der Waals surface area contributed by atoms with Crippen molar-refractivity contribution in [2.45, 2.75) is 32.9 Å². The summed E-state index contributed by atoms with van der Waals surface area (Å²) in [6, 6.07) is 7.96. The first-order valence-corrected chi connectivity index (χ1v) is 9.77. The number of hydrogen-bond donors (Lipinski definition) is 2. The lowest BCUT2D eigenvalue weighted by Gasteiger charge is -2.08. The molecule has 0 unspecified atom stereocenters. The fourth-order valence-electron chi connectivity index (χ4n) is 2.57. The molecule has 2 heterocycles. The molecule has 0 saturated heterocycles. The van der Waals surface area contributed by atoms with E-state index in [9.17, 15) is 4.79 Å². The first-order valence-electron chi connectivity index (χ1n) is 8.69. The molecule has 142 valence electrons. The van der Waals surface area contributed by atoms with Crippen molar-refractivity contribution >= 4 is 45.5 Å². The van der Waals surface area contributed by atoms with E-state index in [0.29, 0.717) is 31.2 Å². The highest BCUT2D eigenvalue weighted by Gasteiger charge is 2.13. The summed E-state index contributed by atoms with van der Waals surface area (Å²) in [6.45, 7) is 3.50. The molecule has 8 nitrogen and oxygen atoms in total. The number of rotatable bonds is 7. The molecule has 3 aromatic rings. The summed E-state index contributed by atoms with van der Waals surface area (Å²) in [5.41, 5.74) is 8.71. The van der Waals surface area contributed by atoms with Crippen LogP contribution in [0.1, 0.15) is 30.9 Å². The molecule has 0 bridgehead atoms. The van der Waals surface area contributed by atoms with E-state index in [0.717, 1.165) is 33.1 Å². The summed E-state index contributed by atoms with van der Waals surface area (Å²) in [5, 5.41) is 8.04. The highest BCUT2D eigenvalue weighted by atomic mass is 127. The number of nitrogens with one attached hydrogen (secondary N) is 1. The van der Waals surface area contributed by atoms with Gasteiger partial charge >= 0.3 is 6.09 Å². The SMILES string of the molecule is CCCCOC(=O)NCc1ccc(Cn2nc(I)c3c(N)ncnc32)cc1. The highest BCUT2D eigenvalue weighted by molar-refractivity contribution is 14.1. The molecule has 0 saturated carbocycles. The number of halogens is 1. The number of hydrogen-bond acceptors (Lipinski definition) is 6. The Bertz CT molecular complexity index is 925. The zero-order valence-electron chi connectivity index (χ0n) is 15.0. The molecule has 27 heavy (non-hydrogen) atoms. The fourth-order valence-corrected chi connectivity index (χ4v) is 3.34. The summed E-state index contributed by atoms with van der Waals surface area (Å²) in [5.74, 6) is 0.433. The monoisotopic (exact) mass is 480 g/mol. The molecule has 1 aromatic carbocycles. The minimum absolute atomic E-state index is 0.387. The number of nitrogens with two attached hydrogens (primary N) is 1. The Kier molecular flexibility index (Phi) is 6.43. The van der Waals surface area contributed by atoms with Crippen LogP contribution in [0, 0.1) is 3.70 Å². The van der Waals surface area contributed by atoms with Crippen molar-refractivity contribution in [1.29, 1.82) is 0 Å². The second-order valence-electron chi connectivity index (χ2n) is 6.07. The molecule has 0 atom stereocenters. The molecule has 2 aromatic heterocycles. The summed E-state index contributed by atoms with van der Waals surface area (Å²) in [4.78, 5) is 19.9. The third-order valence-corrected chi connectivity index (χ3v) is 4.79. The van der Waals surface area contributed by atoms with Gasteiger partial charge in [0.05, 0.1) is 18.5 Å². The zero-order chi connectivity index (χ0) is 19.2. The number of fused-ring (bicyclic) bond motifs is 1. The van der Waals surface area contributed by atoms with Crippen LogP contribution < -0.4 is 11.1 Å². The van der Waals surface area contributed by atoms with Gasteiger partial charge in [0.2, 0.25) is 0 Å². The van der Waals surface area contributed by atoms with E-state index < -0.39 is 0 Å². The first kappa shape index (κ1) is 19.3. The van der Waals surface area contributed by atoms with E-state index in [1.807, 2.05) is 28.9 Å². The number of carbonyl (C=O) groups excluding carboxylic acids is 1. The molecule has 0 aliphatic carbocycles. The normalized spacial score (nSPS) is 10.9. The van der Waals surface area contributed by atoms with Gasteiger partial charge in [0.1, 0.15) is 15.8 Å². The molecular formula is C18H21IN6O2. The zero-order valence-corrected chi connectivity index (χ0v) is 17.1. The van der Waals surface area contributed by atoms with E-state index in [2.05, 4.69) is 49.9 Å². The van der Waals surface area contributed by atoms with E-state index in [-0.39, 0.29) is 6.09 Å². The number of aromatic nitrogens is 4. The second-order valence-corrected chi connectivity index (χ2v) is 7.09. The first-order chi connectivity index (χ1) is 13.1. The average Bonchev–Trinajstić information content (AvgIpc) is 2.98. The number of benzene rings is 1. The lowest BCUT2D eigenvalue weighted by atomic mass is 10.1. The van der Waals surface area contributed by atoms with Gasteiger partial charge in [-0.1, -0.05) is 37.6 Å². The Morgan fingerprint density at radius 2 is 2.00 bits per heavy atom. The number of alkyl carbamates (subject to hydrolysis) is 1. The van der Waals surface area contributed by atoms with Crippen molar-refractivity contribution < 1.29 is 9.53 Å². The number of nitrogen functional groups attached to an aromatic ring is 1. The van der Waals surface area contributed by atoms with Gasteiger partial charge in [0.25, 0.3) is 0 Å². The Balaban J connectivity index is 1.62. The molecule has 3 rings (SSSR count). The number of amides is 1. The quantitative estimate of drug-likeness (QED) is 0.398. The standard InChI is InChI=1S/C18H21IN6O2/c1-2-3-8-27-18(26)21-9-12-4-6-13(7-5-12)10-25-17-14(15(19)24-25)16(20)22-11-23-17/h4-7,11H,2-3,8-10H2,1H3,(H,21,26)(H2,20,22,23). The van der Waals surface area contributed by atoms with Crippen LogP contribution in [-0.4, -0.2) is 32.4 Å². The molecule has 0 aliphatic heterocycles. The van der Waals surface area contributed by atoms with Crippen molar-refractivity contribution in [2.24, 2.45) is 0 Å². The highest BCUT2D eigenvalue weighted by Crippen LogP contribution is 2.23. The molecule has 3 N–H and O–H groups in total. The lowest BCUT2D eigenvalue weighted by Crippen LogP contribution is -2.24. The van der Waals surface area contributed by atoms with Crippen LogP contribution in [-0.2, 0) is 17.8 Å². The molecular weight excluding hydrogens is 459 g/mol.